The van der Waals surface area contributed by atoms with Gasteiger partial charge in [0.1, 0.15) is 5.82 Å². The maximum Gasteiger partial charge on any atom is 0.227 e. The summed E-state index contributed by atoms with van der Waals surface area (Å²) in [4.78, 5) is 17.4. The second kappa shape index (κ2) is 11.9. The van der Waals surface area contributed by atoms with Crippen LogP contribution in [0.5, 0.6) is 17.2 Å². The second-order valence-electron chi connectivity index (χ2n) is 10.2. The smallest absolute Gasteiger partial charge is 0.227 e. The molecule has 1 aromatic heterocycles. The van der Waals surface area contributed by atoms with Gasteiger partial charge in [0.25, 0.3) is 0 Å². The molecule has 1 saturated heterocycles. The van der Waals surface area contributed by atoms with E-state index in [4.69, 9.17) is 24.2 Å². The Morgan fingerprint density at radius 2 is 1.55 bits per heavy atom. The highest BCUT2D eigenvalue weighted by molar-refractivity contribution is 5.55. The van der Waals surface area contributed by atoms with Crippen LogP contribution in [0.4, 0.5) is 11.8 Å². The van der Waals surface area contributed by atoms with Crippen molar-refractivity contribution < 1.29 is 14.2 Å². The fourth-order valence-corrected chi connectivity index (χ4v) is 5.53. The number of rotatable bonds is 9. The Labute approximate surface area is 226 Å². The fraction of sp³-hybridized carbons (Fsp3) is 0.467. The van der Waals surface area contributed by atoms with Crippen molar-refractivity contribution in [2.75, 3.05) is 57.8 Å². The zero-order valence-electron chi connectivity index (χ0n) is 23.1. The summed E-state index contributed by atoms with van der Waals surface area (Å²) in [6, 6.07) is 14.6. The van der Waals surface area contributed by atoms with E-state index < -0.39 is 0 Å². The average molecular weight is 518 g/mol. The van der Waals surface area contributed by atoms with Crippen LogP contribution in [0, 0.1) is 0 Å². The number of hydrogen-bond donors (Lipinski definition) is 0. The summed E-state index contributed by atoms with van der Waals surface area (Å²) in [7, 11) is 7.04. The third kappa shape index (κ3) is 5.65. The van der Waals surface area contributed by atoms with E-state index in [0.29, 0.717) is 17.2 Å². The standard InChI is InChI=1S/C30H39N5O3/c1-33(19-22-11-7-5-8-12-22)30-31-25-13-16-34(21-24(25)29(32-30)35-14-9-6-10-15-35)20-23-17-26(36-2)28(38-4)27(18-23)37-3/h5,7-8,11-12,17-18H,6,9-10,13-16,19-21H2,1-4H3. The summed E-state index contributed by atoms with van der Waals surface area (Å²) < 4.78 is 16.7. The van der Waals surface area contributed by atoms with Crippen LogP contribution in [0.25, 0.3) is 0 Å². The number of nitrogens with zero attached hydrogens (tertiary/aromatic N) is 5. The predicted octanol–water partition coefficient (Wildman–Crippen LogP) is 4.69. The molecule has 0 bridgehead atoms. The number of benzene rings is 2. The summed E-state index contributed by atoms with van der Waals surface area (Å²) >= 11 is 0. The Balaban J connectivity index is 1.42. The van der Waals surface area contributed by atoms with Gasteiger partial charge in [-0.3, -0.25) is 4.90 Å². The van der Waals surface area contributed by atoms with Crippen molar-refractivity contribution in [3.63, 3.8) is 0 Å². The average Bonchev–Trinajstić information content (AvgIpc) is 2.97. The maximum absolute atomic E-state index is 5.59. The van der Waals surface area contributed by atoms with E-state index in [2.05, 4.69) is 52.1 Å². The van der Waals surface area contributed by atoms with Crippen LogP contribution in [0.2, 0.25) is 0 Å². The third-order valence-corrected chi connectivity index (χ3v) is 7.50. The topological polar surface area (TPSA) is 63.2 Å². The van der Waals surface area contributed by atoms with Crippen LogP contribution >= 0.6 is 0 Å². The van der Waals surface area contributed by atoms with E-state index >= 15 is 0 Å². The van der Waals surface area contributed by atoms with Gasteiger partial charge in [0.2, 0.25) is 11.7 Å². The molecule has 0 N–H and O–H groups in total. The number of anilines is 2. The molecule has 0 spiro atoms. The second-order valence-corrected chi connectivity index (χ2v) is 10.2. The molecule has 0 amide bonds. The van der Waals surface area contributed by atoms with E-state index in [1.54, 1.807) is 21.3 Å². The van der Waals surface area contributed by atoms with Crippen LogP contribution in [0.1, 0.15) is 41.6 Å². The van der Waals surface area contributed by atoms with Crippen molar-refractivity contribution in [2.24, 2.45) is 0 Å². The minimum Gasteiger partial charge on any atom is -0.493 e. The van der Waals surface area contributed by atoms with Gasteiger partial charge >= 0.3 is 0 Å². The highest BCUT2D eigenvalue weighted by atomic mass is 16.5. The van der Waals surface area contributed by atoms with E-state index in [1.165, 1.54) is 36.1 Å². The van der Waals surface area contributed by atoms with Gasteiger partial charge in [-0.1, -0.05) is 30.3 Å². The molecule has 0 unspecified atom stereocenters. The van der Waals surface area contributed by atoms with Crippen molar-refractivity contribution in [1.29, 1.82) is 0 Å². The first-order valence-electron chi connectivity index (χ1n) is 13.5. The Kier molecular flexibility index (Phi) is 8.17. The lowest BCUT2D eigenvalue weighted by atomic mass is 10.0. The molecule has 3 aromatic rings. The van der Waals surface area contributed by atoms with Crippen LogP contribution in [-0.2, 0) is 26.1 Å². The van der Waals surface area contributed by atoms with Crippen molar-refractivity contribution in [3.8, 4) is 17.2 Å². The number of piperidine rings is 1. The number of fused-ring (bicyclic) bond motifs is 1. The molecule has 2 aromatic carbocycles. The highest BCUT2D eigenvalue weighted by Crippen LogP contribution is 2.39. The van der Waals surface area contributed by atoms with Crippen LogP contribution in [-0.4, -0.2) is 62.9 Å². The molecule has 2 aliphatic rings. The largest absolute Gasteiger partial charge is 0.493 e. The molecular formula is C30H39N5O3. The van der Waals surface area contributed by atoms with Gasteiger partial charge in [0, 0.05) is 58.3 Å². The number of aromatic nitrogens is 2. The zero-order valence-corrected chi connectivity index (χ0v) is 23.1. The van der Waals surface area contributed by atoms with Gasteiger partial charge in [0.05, 0.1) is 27.0 Å². The lowest BCUT2D eigenvalue weighted by molar-refractivity contribution is 0.241. The molecule has 3 heterocycles. The predicted molar refractivity (Wildman–Crippen MR) is 151 cm³/mol. The molecule has 5 rings (SSSR count). The molecule has 0 radical (unpaired) electrons. The van der Waals surface area contributed by atoms with Crippen molar-refractivity contribution in [3.05, 3.63) is 64.8 Å². The van der Waals surface area contributed by atoms with Gasteiger partial charge in [-0.15, -0.1) is 0 Å². The summed E-state index contributed by atoms with van der Waals surface area (Å²) in [5, 5.41) is 0. The Morgan fingerprint density at radius 3 is 2.21 bits per heavy atom. The fourth-order valence-electron chi connectivity index (χ4n) is 5.53. The summed E-state index contributed by atoms with van der Waals surface area (Å²) in [6.45, 7) is 5.43. The Hall–Kier alpha value is -3.52. The maximum atomic E-state index is 5.59. The van der Waals surface area contributed by atoms with Crippen molar-refractivity contribution >= 4 is 11.8 Å². The van der Waals surface area contributed by atoms with Gasteiger partial charge in [-0.2, -0.15) is 4.98 Å². The van der Waals surface area contributed by atoms with Gasteiger partial charge < -0.3 is 24.0 Å². The number of hydrogen-bond acceptors (Lipinski definition) is 8. The minimum atomic E-state index is 0.621. The van der Waals surface area contributed by atoms with E-state index in [9.17, 15) is 0 Å². The number of methoxy groups -OCH3 is 3. The van der Waals surface area contributed by atoms with Crippen LogP contribution in [0.15, 0.2) is 42.5 Å². The van der Waals surface area contributed by atoms with Crippen molar-refractivity contribution in [2.45, 2.75) is 45.3 Å². The van der Waals surface area contributed by atoms with E-state index in [1.807, 2.05) is 12.1 Å². The summed E-state index contributed by atoms with van der Waals surface area (Å²) in [6.07, 6.45) is 4.61. The van der Waals surface area contributed by atoms with Gasteiger partial charge in [-0.05, 0) is 42.5 Å². The highest BCUT2D eigenvalue weighted by Gasteiger charge is 2.27. The van der Waals surface area contributed by atoms with Crippen molar-refractivity contribution in [1.82, 2.24) is 14.9 Å². The summed E-state index contributed by atoms with van der Waals surface area (Å²) in [5.41, 5.74) is 4.83. The third-order valence-electron chi connectivity index (χ3n) is 7.50. The first kappa shape index (κ1) is 26.1. The monoisotopic (exact) mass is 517 g/mol. The SMILES string of the molecule is COc1cc(CN2CCc3nc(N(C)Cc4ccccc4)nc(N4CCCCC4)c3C2)cc(OC)c1OC. The number of ether oxygens (including phenoxy) is 3. The van der Waals surface area contributed by atoms with E-state index in [-0.39, 0.29) is 0 Å². The molecule has 8 heteroatoms. The molecule has 1 fully saturated rings. The molecule has 0 aliphatic carbocycles. The van der Waals surface area contributed by atoms with Crippen LogP contribution in [0.3, 0.4) is 0 Å². The first-order valence-corrected chi connectivity index (χ1v) is 13.5. The normalized spacial score (nSPS) is 15.6. The van der Waals surface area contributed by atoms with Gasteiger partial charge in [0.15, 0.2) is 11.5 Å². The quantitative estimate of drug-likeness (QED) is 0.405. The van der Waals surface area contributed by atoms with Gasteiger partial charge in [-0.25, -0.2) is 4.98 Å². The molecule has 8 nitrogen and oxygen atoms in total. The molecule has 202 valence electrons. The minimum absolute atomic E-state index is 0.621. The zero-order chi connectivity index (χ0) is 26.5. The molecule has 2 aliphatic heterocycles. The first-order chi connectivity index (χ1) is 18.6. The Morgan fingerprint density at radius 1 is 0.842 bits per heavy atom. The Bertz CT molecular complexity index is 1210. The lowest BCUT2D eigenvalue weighted by Gasteiger charge is -2.35. The molecule has 38 heavy (non-hydrogen) atoms. The van der Waals surface area contributed by atoms with Crippen LogP contribution < -0.4 is 24.0 Å². The molecule has 0 atom stereocenters. The van der Waals surface area contributed by atoms with E-state index in [0.717, 1.165) is 63.0 Å². The molecule has 0 saturated carbocycles. The summed E-state index contributed by atoms with van der Waals surface area (Å²) in [5.74, 6) is 3.91. The lowest BCUT2D eigenvalue weighted by Crippen LogP contribution is -2.37. The molecular weight excluding hydrogens is 478 g/mol.